The maximum Gasteiger partial charge on any atom is 0.256 e. The predicted octanol–water partition coefficient (Wildman–Crippen LogP) is 4.53. The Morgan fingerprint density at radius 2 is 1.92 bits per heavy atom. The third-order valence-corrected chi connectivity index (χ3v) is 8.61. The quantitative estimate of drug-likeness (QED) is 0.525. The number of methoxy groups -OCH3 is 1. The molecular weight excluding hydrogens is 484 g/mol. The minimum atomic E-state index is -0.110. The van der Waals surface area contributed by atoms with E-state index in [9.17, 15) is 9.59 Å². The van der Waals surface area contributed by atoms with Crippen LogP contribution in [0.4, 0.5) is 11.4 Å². The highest BCUT2D eigenvalue weighted by Crippen LogP contribution is 2.44. The fourth-order valence-corrected chi connectivity index (χ4v) is 6.14. The van der Waals surface area contributed by atoms with Crippen LogP contribution in [0.3, 0.4) is 0 Å². The summed E-state index contributed by atoms with van der Waals surface area (Å²) in [4.78, 5) is 32.5. The number of amides is 2. The molecule has 0 spiro atoms. The van der Waals surface area contributed by atoms with Crippen LogP contribution in [0.1, 0.15) is 30.1 Å². The van der Waals surface area contributed by atoms with Gasteiger partial charge in [-0.15, -0.1) is 0 Å². The lowest BCUT2D eigenvalue weighted by Crippen LogP contribution is -2.47. The largest absolute Gasteiger partial charge is 0.497 e. The van der Waals surface area contributed by atoms with Crippen LogP contribution in [0.25, 0.3) is 0 Å². The van der Waals surface area contributed by atoms with Crippen molar-refractivity contribution in [1.82, 2.24) is 10.2 Å². The maximum atomic E-state index is 12.8. The van der Waals surface area contributed by atoms with E-state index in [4.69, 9.17) is 4.74 Å². The Kier molecular flexibility index (Phi) is 7.86. The molecule has 0 radical (unpaired) electrons. The van der Waals surface area contributed by atoms with E-state index in [1.54, 1.807) is 24.9 Å². The molecule has 37 heavy (non-hydrogen) atoms. The first-order chi connectivity index (χ1) is 18.0. The minimum Gasteiger partial charge on any atom is -0.497 e. The van der Waals surface area contributed by atoms with Crippen LogP contribution in [0.2, 0.25) is 0 Å². The average molecular weight is 519 g/mol. The van der Waals surface area contributed by atoms with Crippen molar-refractivity contribution in [2.75, 3.05) is 56.6 Å². The number of carbonyl (C=O) groups excluding carboxylic acids is 2. The van der Waals surface area contributed by atoms with Gasteiger partial charge in [0.05, 0.1) is 12.8 Å². The smallest absolute Gasteiger partial charge is 0.256 e. The second kappa shape index (κ2) is 11.4. The van der Waals surface area contributed by atoms with Crippen molar-refractivity contribution in [2.45, 2.75) is 24.7 Å². The molecule has 3 aliphatic rings. The van der Waals surface area contributed by atoms with E-state index >= 15 is 0 Å². The van der Waals surface area contributed by atoms with Gasteiger partial charge in [-0.3, -0.25) is 14.5 Å². The summed E-state index contributed by atoms with van der Waals surface area (Å²) in [5, 5.41) is 6.05. The van der Waals surface area contributed by atoms with Crippen LogP contribution >= 0.6 is 11.8 Å². The molecule has 1 fully saturated rings. The van der Waals surface area contributed by atoms with Crippen LogP contribution in [0.5, 0.6) is 5.75 Å². The van der Waals surface area contributed by atoms with Gasteiger partial charge in [0.15, 0.2) is 0 Å². The van der Waals surface area contributed by atoms with Gasteiger partial charge < -0.3 is 20.3 Å². The molecule has 7 nitrogen and oxygen atoms in total. The molecule has 0 saturated carbocycles. The summed E-state index contributed by atoms with van der Waals surface area (Å²) in [6.07, 6.45) is 5.80. The zero-order valence-corrected chi connectivity index (χ0v) is 22.3. The lowest BCUT2D eigenvalue weighted by Gasteiger charge is -2.36. The lowest BCUT2D eigenvalue weighted by molar-refractivity contribution is -0.112. The minimum absolute atomic E-state index is 0.103. The summed E-state index contributed by atoms with van der Waals surface area (Å²) < 4.78 is 5.25. The summed E-state index contributed by atoms with van der Waals surface area (Å²) in [6, 6.07) is 13.8. The zero-order chi connectivity index (χ0) is 25.8. The van der Waals surface area contributed by atoms with Gasteiger partial charge in [-0.05, 0) is 67.8 Å². The van der Waals surface area contributed by atoms with Gasteiger partial charge in [-0.25, -0.2) is 0 Å². The van der Waals surface area contributed by atoms with Crippen molar-refractivity contribution in [2.24, 2.45) is 5.92 Å². The number of nitrogens with zero attached hydrogens (tertiary/aromatic N) is 2. The lowest BCUT2D eigenvalue weighted by atomic mass is 9.97. The second-order valence-electron chi connectivity index (χ2n) is 9.72. The van der Waals surface area contributed by atoms with Gasteiger partial charge in [-0.2, -0.15) is 0 Å². The number of fused-ring (bicyclic) bond motifs is 1. The van der Waals surface area contributed by atoms with Crippen LogP contribution in [-0.2, 0) is 4.79 Å². The normalized spacial score (nSPS) is 19.6. The summed E-state index contributed by atoms with van der Waals surface area (Å²) in [5.41, 5.74) is 3.23. The number of nitrogens with one attached hydrogen (secondary N) is 2. The van der Waals surface area contributed by atoms with E-state index in [-0.39, 0.29) is 11.8 Å². The fraction of sp³-hybridized carbons (Fsp3) is 0.379. The molecule has 8 heteroatoms. The number of carbonyl (C=O) groups is 2. The SMILES string of the molecule is COc1ccc(N2CCN(CCCNC(=O)c3ccc4c(c3)NC(=O)C3=C(S4)C(C)CC=C3)CC2)cc1. The predicted molar refractivity (Wildman–Crippen MR) is 149 cm³/mol. The standard InChI is InChI=1S/C29H34N4O3S/c1-20-5-3-6-24-27(20)37-26-12-7-21(19-25(26)31-29(24)35)28(34)30-13-4-14-32-15-17-33(18-16-32)22-8-10-23(36-2)11-9-22/h3,6-12,19-20H,4-5,13-18H2,1-2H3,(H,30,34)(H,31,35). The highest BCUT2D eigenvalue weighted by atomic mass is 32.2. The van der Waals surface area contributed by atoms with E-state index in [0.29, 0.717) is 23.7 Å². The van der Waals surface area contributed by atoms with Crippen LogP contribution < -0.4 is 20.3 Å². The summed E-state index contributed by atoms with van der Waals surface area (Å²) in [7, 11) is 1.68. The molecule has 2 heterocycles. The van der Waals surface area contributed by atoms with Gasteiger partial charge in [0, 0.05) is 59.3 Å². The molecule has 5 rings (SSSR count). The third kappa shape index (κ3) is 5.86. The van der Waals surface area contributed by atoms with Crippen molar-refractivity contribution in [3.05, 3.63) is 70.7 Å². The number of hydrogen-bond donors (Lipinski definition) is 2. The van der Waals surface area contributed by atoms with Gasteiger partial charge >= 0.3 is 0 Å². The molecule has 1 saturated heterocycles. The molecule has 2 amide bonds. The Bertz CT molecular complexity index is 1220. The summed E-state index contributed by atoms with van der Waals surface area (Å²) in [6.45, 7) is 7.72. The molecule has 2 N–H and O–H groups in total. The number of benzene rings is 2. The Balaban J connectivity index is 1.08. The number of piperazine rings is 1. The van der Waals surface area contributed by atoms with Gasteiger partial charge in [0.25, 0.3) is 11.8 Å². The van der Waals surface area contributed by atoms with Gasteiger partial charge in [0.2, 0.25) is 0 Å². The molecule has 0 aromatic heterocycles. The first-order valence-electron chi connectivity index (χ1n) is 13.0. The van der Waals surface area contributed by atoms with Crippen molar-refractivity contribution in [1.29, 1.82) is 0 Å². The molecule has 2 aliphatic heterocycles. The summed E-state index contributed by atoms with van der Waals surface area (Å²) >= 11 is 1.63. The molecular formula is C29H34N4O3S. The Labute approximate surface area is 222 Å². The molecule has 194 valence electrons. The number of thioether (sulfide) groups is 1. The van der Waals surface area contributed by atoms with Gasteiger partial charge in [0.1, 0.15) is 5.75 Å². The third-order valence-electron chi connectivity index (χ3n) is 7.19. The van der Waals surface area contributed by atoms with E-state index in [1.807, 2.05) is 30.3 Å². The van der Waals surface area contributed by atoms with Crippen LogP contribution in [0, 0.1) is 5.92 Å². The van der Waals surface area contributed by atoms with Crippen LogP contribution in [-0.4, -0.2) is 63.1 Å². The number of hydrogen-bond acceptors (Lipinski definition) is 6. The molecule has 1 aliphatic carbocycles. The number of rotatable bonds is 7. The van der Waals surface area contributed by atoms with E-state index in [0.717, 1.165) is 66.7 Å². The highest BCUT2D eigenvalue weighted by molar-refractivity contribution is 8.03. The number of ether oxygens (including phenoxy) is 1. The molecule has 1 atom stereocenters. The van der Waals surface area contributed by atoms with Gasteiger partial charge in [-0.1, -0.05) is 30.8 Å². The number of allylic oxidation sites excluding steroid dienone is 2. The Morgan fingerprint density at radius 3 is 2.68 bits per heavy atom. The van der Waals surface area contributed by atoms with Crippen molar-refractivity contribution in [3.63, 3.8) is 0 Å². The summed E-state index contributed by atoms with van der Waals surface area (Å²) in [5.74, 6) is 0.979. The number of anilines is 2. The van der Waals surface area contributed by atoms with Crippen LogP contribution in [0.15, 0.2) is 70.0 Å². The second-order valence-corrected chi connectivity index (χ2v) is 10.8. The zero-order valence-electron chi connectivity index (χ0n) is 21.5. The topological polar surface area (TPSA) is 73.9 Å². The fourth-order valence-electron chi connectivity index (χ4n) is 4.98. The van der Waals surface area contributed by atoms with E-state index < -0.39 is 0 Å². The van der Waals surface area contributed by atoms with Crippen molar-refractivity contribution in [3.8, 4) is 5.75 Å². The highest BCUT2D eigenvalue weighted by Gasteiger charge is 2.27. The van der Waals surface area contributed by atoms with E-state index in [2.05, 4.69) is 45.6 Å². The molecule has 1 unspecified atom stereocenters. The monoisotopic (exact) mass is 518 g/mol. The average Bonchev–Trinajstić information content (AvgIpc) is 3.07. The first-order valence-corrected chi connectivity index (χ1v) is 13.8. The molecule has 2 aromatic carbocycles. The molecule has 0 bridgehead atoms. The maximum absolute atomic E-state index is 12.8. The van der Waals surface area contributed by atoms with E-state index in [1.165, 1.54) is 5.69 Å². The van der Waals surface area contributed by atoms with Crippen molar-refractivity contribution < 1.29 is 14.3 Å². The Hall–Kier alpha value is -3.23. The first kappa shape index (κ1) is 25.4. The molecule has 2 aromatic rings. The van der Waals surface area contributed by atoms with Crippen molar-refractivity contribution >= 4 is 35.0 Å². The Morgan fingerprint density at radius 1 is 1.14 bits per heavy atom.